The van der Waals surface area contributed by atoms with Crippen LogP contribution in [0.3, 0.4) is 0 Å². The number of halogens is 1. The van der Waals surface area contributed by atoms with E-state index in [1.165, 1.54) is 0 Å². The molecule has 0 spiro atoms. The molecular formula is C26H22BrNO5S. The highest BCUT2D eigenvalue weighted by Crippen LogP contribution is 2.38. The van der Waals surface area contributed by atoms with Gasteiger partial charge in [-0.2, -0.15) is 0 Å². The molecule has 0 unspecified atom stereocenters. The van der Waals surface area contributed by atoms with Crippen LogP contribution in [0, 0.1) is 6.92 Å². The van der Waals surface area contributed by atoms with Crippen LogP contribution in [-0.4, -0.2) is 29.8 Å². The number of hydrogen-bond acceptors (Lipinski definition) is 6. The molecule has 0 saturated heterocycles. The number of nitrogens with zero attached hydrogens (tertiary/aromatic N) is 1. The monoisotopic (exact) mass is 539 g/mol. The van der Waals surface area contributed by atoms with Crippen LogP contribution < -0.4 is 14.2 Å². The zero-order valence-electron chi connectivity index (χ0n) is 18.6. The topological polar surface area (TPSA) is 77.9 Å². The molecule has 0 bridgehead atoms. The number of methoxy groups -OCH3 is 1. The van der Waals surface area contributed by atoms with E-state index in [2.05, 4.69) is 28.1 Å². The number of aryl methyl sites for hydroxylation is 1. The lowest BCUT2D eigenvalue weighted by molar-refractivity contribution is -0.139. The number of benzene rings is 3. The first kappa shape index (κ1) is 23.8. The molecule has 4 rings (SSSR count). The first-order valence-corrected chi connectivity index (χ1v) is 12.0. The van der Waals surface area contributed by atoms with E-state index in [1.54, 1.807) is 30.6 Å². The van der Waals surface area contributed by atoms with Gasteiger partial charge in [0.1, 0.15) is 28.9 Å². The number of carboxylic acids is 1. The second-order valence-electron chi connectivity index (χ2n) is 7.42. The van der Waals surface area contributed by atoms with Crippen LogP contribution >= 0.6 is 27.3 Å². The molecule has 0 aliphatic heterocycles. The number of thiazole rings is 1. The maximum Gasteiger partial charge on any atom is 0.341 e. The molecule has 0 radical (unpaired) electrons. The van der Waals surface area contributed by atoms with Gasteiger partial charge in [-0.15, -0.1) is 11.3 Å². The summed E-state index contributed by atoms with van der Waals surface area (Å²) in [6.07, 6.45) is 0. The Balaban J connectivity index is 1.58. The van der Waals surface area contributed by atoms with Gasteiger partial charge in [-0.3, -0.25) is 0 Å². The number of carbonyl (C=O) groups is 1. The summed E-state index contributed by atoms with van der Waals surface area (Å²) in [5.41, 5.74) is 3.76. The average molecular weight is 540 g/mol. The van der Waals surface area contributed by atoms with Gasteiger partial charge in [0, 0.05) is 10.0 Å². The highest BCUT2D eigenvalue weighted by atomic mass is 79.9. The summed E-state index contributed by atoms with van der Waals surface area (Å²) in [6.45, 7) is 1.77. The number of rotatable bonds is 9. The minimum Gasteiger partial charge on any atom is -0.497 e. The molecule has 4 aromatic rings. The summed E-state index contributed by atoms with van der Waals surface area (Å²) in [4.78, 5) is 16.7. The zero-order valence-corrected chi connectivity index (χ0v) is 21.0. The lowest BCUT2D eigenvalue weighted by Gasteiger charge is -2.09. The summed E-state index contributed by atoms with van der Waals surface area (Å²) >= 11 is 5.09. The molecule has 1 N–H and O–H groups in total. The number of carboxylic acid groups (broad SMARTS) is 1. The molecule has 6 nitrogen and oxygen atoms in total. The van der Waals surface area contributed by atoms with Gasteiger partial charge in [-0.25, -0.2) is 9.78 Å². The van der Waals surface area contributed by atoms with Crippen molar-refractivity contribution in [3.8, 4) is 38.9 Å². The second kappa shape index (κ2) is 10.7. The third-order valence-corrected chi connectivity index (χ3v) is 6.61. The van der Waals surface area contributed by atoms with Crippen molar-refractivity contribution in [1.82, 2.24) is 4.98 Å². The molecule has 0 aliphatic carbocycles. The van der Waals surface area contributed by atoms with Gasteiger partial charge < -0.3 is 19.3 Å². The van der Waals surface area contributed by atoms with Gasteiger partial charge in [-0.05, 0) is 72.6 Å². The van der Waals surface area contributed by atoms with Gasteiger partial charge in [0.15, 0.2) is 6.61 Å². The Morgan fingerprint density at radius 3 is 2.29 bits per heavy atom. The van der Waals surface area contributed by atoms with Crippen molar-refractivity contribution < 1.29 is 24.1 Å². The molecule has 1 aromatic heterocycles. The summed E-state index contributed by atoms with van der Waals surface area (Å²) in [6, 6.07) is 21.3. The third kappa shape index (κ3) is 5.76. The Morgan fingerprint density at radius 1 is 0.971 bits per heavy atom. The summed E-state index contributed by atoms with van der Waals surface area (Å²) in [7, 11) is 1.65. The smallest absolute Gasteiger partial charge is 0.341 e. The van der Waals surface area contributed by atoms with Crippen molar-refractivity contribution in [3.63, 3.8) is 0 Å². The standard InChI is InChI=1S/C26H22BrNO5S/c1-16-13-21(11-12-22(16)33-15-24(29)30)32-14-23-28-25(17-5-9-20(31-2)10-6-17)26(34-23)18-3-7-19(27)8-4-18/h3-13H,14-15H2,1-2H3,(H,29,30). The van der Waals surface area contributed by atoms with E-state index in [4.69, 9.17) is 24.3 Å². The number of hydrogen-bond donors (Lipinski definition) is 1. The Hall–Kier alpha value is -3.36. The molecule has 174 valence electrons. The van der Waals surface area contributed by atoms with Crippen LogP contribution in [0.4, 0.5) is 0 Å². The lowest BCUT2D eigenvalue weighted by Crippen LogP contribution is -2.10. The van der Waals surface area contributed by atoms with E-state index in [9.17, 15) is 4.79 Å². The van der Waals surface area contributed by atoms with Crippen LogP contribution in [0.15, 0.2) is 71.2 Å². The molecule has 8 heteroatoms. The van der Waals surface area contributed by atoms with Gasteiger partial charge in [0.2, 0.25) is 0 Å². The Labute approximate surface area is 209 Å². The fraction of sp³-hybridized carbons (Fsp3) is 0.154. The minimum atomic E-state index is -1.02. The molecule has 0 amide bonds. The van der Waals surface area contributed by atoms with Crippen molar-refractivity contribution in [2.24, 2.45) is 0 Å². The first-order chi connectivity index (χ1) is 16.4. The molecular weight excluding hydrogens is 518 g/mol. The van der Waals surface area contributed by atoms with Crippen molar-refractivity contribution in [3.05, 3.63) is 81.8 Å². The van der Waals surface area contributed by atoms with E-state index in [-0.39, 0.29) is 6.61 Å². The van der Waals surface area contributed by atoms with Gasteiger partial charge in [0.25, 0.3) is 0 Å². The van der Waals surface area contributed by atoms with Gasteiger partial charge in [0.05, 0.1) is 17.7 Å². The predicted octanol–water partition coefficient (Wildman–Crippen LogP) is 6.60. The van der Waals surface area contributed by atoms with Crippen molar-refractivity contribution in [2.45, 2.75) is 13.5 Å². The van der Waals surface area contributed by atoms with Gasteiger partial charge >= 0.3 is 5.97 Å². The fourth-order valence-electron chi connectivity index (χ4n) is 3.33. The molecule has 0 atom stereocenters. The summed E-state index contributed by atoms with van der Waals surface area (Å²) in [5.74, 6) is 0.950. The summed E-state index contributed by atoms with van der Waals surface area (Å²) < 4.78 is 17.6. The number of aliphatic carboxylic acids is 1. The highest BCUT2D eigenvalue weighted by Gasteiger charge is 2.16. The van der Waals surface area contributed by atoms with Crippen molar-refractivity contribution >= 4 is 33.2 Å². The maximum atomic E-state index is 10.7. The minimum absolute atomic E-state index is 0.305. The largest absolute Gasteiger partial charge is 0.497 e. The van der Waals surface area contributed by atoms with Gasteiger partial charge in [-0.1, -0.05) is 28.1 Å². The van der Waals surface area contributed by atoms with E-state index >= 15 is 0 Å². The average Bonchev–Trinajstić information content (AvgIpc) is 3.27. The lowest BCUT2D eigenvalue weighted by atomic mass is 10.1. The Bertz CT molecular complexity index is 1290. The van der Waals surface area contributed by atoms with Crippen molar-refractivity contribution in [2.75, 3.05) is 13.7 Å². The second-order valence-corrected chi connectivity index (χ2v) is 9.42. The van der Waals surface area contributed by atoms with E-state index < -0.39 is 5.97 Å². The number of aromatic nitrogens is 1. The Kier molecular flexibility index (Phi) is 7.49. The molecule has 3 aromatic carbocycles. The van der Waals surface area contributed by atoms with Crippen LogP contribution in [0.2, 0.25) is 0 Å². The summed E-state index contributed by atoms with van der Waals surface area (Å²) in [5, 5.41) is 9.64. The van der Waals surface area contributed by atoms with Crippen LogP contribution in [0.25, 0.3) is 21.7 Å². The van der Waals surface area contributed by atoms with Crippen LogP contribution in [-0.2, 0) is 11.4 Å². The van der Waals surface area contributed by atoms with E-state index in [1.807, 2.05) is 49.4 Å². The third-order valence-electron chi connectivity index (χ3n) is 5.00. The molecule has 0 fully saturated rings. The van der Waals surface area contributed by atoms with E-state index in [0.717, 1.165) is 42.5 Å². The van der Waals surface area contributed by atoms with Crippen LogP contribution in [0.5, 0.6) is 17.2 Å². The highest BCUT2D eigenvalue weighted by molar-refractivity contribution is 9.10. The quantitative estimate of drug-likeness (QED) is 0.258. The molecule has 34 heavy (non-hydrogen) atoms. The predicted molar refractivity (Wildman–Crippen MR) is 136 cm³/mol. The van der Waals surface area contributed by atoms with Crippen LogP contribution in [0.1, 0.15) is 10.6 Å². The molecule has 0 aliphatic rings. The number of ether oxygens (including phenoxy) is 3. The van der Waals surface area contributed by atoms with Crippen molar-refractivity contribution in [1.29, 1.82) is 0 Å². The zero-order chi connectivity index (χ0) is 24.1. The first-order valence-electron chi connectivity index (χ1n) is 10.4. The molecule has 1 heterocycles. The fourth-order valence-corrected chi connectivity index (χ4v) is 4.59. The SMILES string of the molecule is COc1ccc(-c2nc(COc3ccc(OCC(=O)O)c(C)c3)sc2-c2ccc(Br)cc2)cc1. The normalized spacial score (nSPS) is 10.7. The van der Waals surface area contributed by atoms with E-state index in [0.29, 0.717) is 18.1 Å². The Morgan fingerprint density at radius 2 is 1.65 bits per heavy atom. The molecule has 0 saturated carbocycles. The maximum absolute atomic E-state index is 10.7.